The van der Waals surface area contributed by atoms with Gasteiger partial charge in [-0.3, -0.25) is 10.1 Å². The molecule has 0 heterocycles. The topological polar surface area (TPSA) is 72.6 Å². The lowest BCUT2D eigenvalue weighted by molar-refractivity contribution is -0.384. The number of hydrogen-bond acceptors (Lipinski definition) is 4. The zero-order valence-corrected chi connectivity index (χ0v) is 9.66. The highest BCUT2D eigenvalue weighted by Crippen LogP contribution is 2.37. The molecule has 2 rings (SSSR count). The second-order valence-electron chi connectivity index (χ2n) is 3.66. The van der Waals surface area contributed by atoms with Gasteiger partial charge in [0.05, 0.1) is 17.6 Å². The van der Waals surface area contributed by atoms with Gasteiger partial charge in [-0.1, -0.05) is 12.1 Å². The summed E-state index contributed by atoms with van der Waals surface area (Å²) >= 11 is 0. The number of methoxy groups -OCH3 is 1. The first-order chi connectivity index (χ1) is 8.63. The predicted molar refractivity (Wildman–Crippen MR) is 66.7 cm³/mol. The summed E-state index contributed by atoms with van der Waals surface area (Å²) in [6.07, 6.45) is 0. The maximum Gasteiger partial charge on any atom is 0.277 e. The number of benzene rings is 2. The standard InChI is InChI=1S/C13H11NO4/c1-18-13-8-9(15)6-7-11(13)10-4-2-3-5-12(10)14(16)17/h2-8,15H,1H3. The summed E-state index contributed by atoms with van der Waals surface area (Å²) in [6, 6.07) is 10.9. The molecule has 0 spiro atoms. The quantitative estimate of drug-likeness (QED) is 0.666. The lowest BCUT2D eigenvalue weighted by atomic mass is 10.0. The zero-order valence-electron chi connectivity index (χ0n) is 9.66. The zero-order chi connectivity index (χ0) is 13.1. The summed E-state index contributed by atoms with van der Waals surface area (Å²) < 4.78 is 5.13. The van der Waals surface area contributed by atoms with Crippen LogP contribution in [0.1, 0.15) is 0 Å². The highest BCUT2D eigenvalue weighted by Gasteiger charge is 2.17. The normalized spacial score (nSPS) is 10.1. The lowest BCUT2D eigenvalue weighted by Gasteiger charge is -2.09. The molecule has 0 aliphatic rings. The first-order valence-electron chi connectivity index (χ1n) is 5.24. The van der Waals surface area contributed by atoms with Crippen molar-refractivity contribution >= 4 is 5.69 Å². The van der Waals surface area contributed by atoms with Gasteiger partial charge in [0, 0.05) is 17.7 Å². The molecule has 0 saturated heterocycles. The fourth-order valence-corrected chi connectivity index (χ4v) is 1.76. The van der Waals surface area contributed by atoms with E-state index < -0.39 is 4.92 Å². The minimum absolute atomic E-state index is 0.00138. The highest BCUT2D eigenvalue weighted by molar-refractivity contribution is 5.78. The van der Waals surface area contributed by atoms with Crippen molar-refractivity contribution in [3.05, 3.63) is 52.6 Å². The van der Waals surface area contributed by atoms with E-state index in [-0.39, 0.29) is 11.4 Å². The minimum Gasteiger partial charge on any atom is -0.508 e. The molecule has 0 bridgehead atoms. The molecular formula is C13H11NO4. The van der Waals surface area contributed by atoms with Crippen LogP contribution in [0.15, 0.2) is 42.5 Å². The summed E-state index contributed by atoms with van der Waals surface area (Å²) in [4.78, 5) is 10.5. The molecule has 92 valence electrons. The maximum atomic E-state index is 11.0. The second-order valence-corrected chi connectivity index (χ2v) is 3.66. The number of nitrogens with zero attached hydrogens (tertiary/aromatic N) is 1. The summed E-state index contributed by atoms with van der Waals surface area (Å²) in [5.74, 6) is 0.443. The Morgan fingerprint density at radius 3 is 2.56 bits per heavy atom. The Kier molecular flexibility index (Phi) is 3.14. The third-order valence-corrected chi connectivity index (χ3v) is 2.58. The van der Waals surface area contributed by atoms with Crippen LogP contribution in [0, 0.1) is 10.1 Å². The van der Waals surface area contributed by atoms with Crippen molar-refractivity contribution < 1.29 is 14.8 Å². The van der Waals surface area contributed by atoms with Crippen LogP contribution in [0.4, 0.5) is 5.69 Å². The largest absolute Gasteiger partial charge is 0.508 e. The number of nitro benzene ring substituents is 1. The number of rotatable bonds is 3. The minimum atomic E-state index is -0.443. The fourth-order valence-electron chi connectivity index (χ4n) is 1.76. The van der Waals surface area contributed by atoms with Gasteiger partial charge in [0.15, 0.2) is 0 Å². The van der Waals surface area contributed by atoms with E-state index in [1.807, 2.05) is 0 Å². The van der Waals surface area contributed by atoms with Crippen molar-refractivity contribution in [1.29, 1.82) is 0 Å². The Morgan fingerprint density at radius 1 is 1.17 bits per heavy atom. The fraction of sp³-hybridized carbons (Fsp3) is 0.0769. The molecule has 5 nitrogen and oxygen atoms in total. The SMILES string of the molecule is COc1cc(O)ccc1-c1ccccc1[N+](=O)[O-]. The molecule has 0 aliphatic carbocycles. The van der Waals surface area contributed by atoms with Crippen LogP contribution in [0.5, 0.6) is 11.5 Å². The molecule has 0 unspecified atom stereocenters. The van der Waals surface area contributed by atoms with E-state index >= 15 is 0 Å². The van der Waals surface area contributed by atoms with Gasteiger partial charge in [-0.2, -0.15) is 0 Å². The number of nitro groups is 1. The third kappa shape index (κ3) is 2.10. The predicted octanol–water partition coefficient (Wildman–Crippen LogP) is 2.98. The first kappa shape index (κ1) is 11.9. The van der Waals surface area contributed by atoms with Crippen LogP contribution < -0.4 is 4.74 Å². The number of phenolic OH excluding ortho intramolecular Hbond substituents is 1. The van der Waals surface area contributed by atoms with Crippen molar-refractivity contribution in [2.45, 2.75) is 0 Å². The van der Waals surface area contributed by atoms with E-state index in [9.17, 15) is 15.2 Å². The lowest BCUT2D eigenvalue weighted by Crippen LogP contribution is -1.93. The van der Waals surface area contributed by atoms with E-state index in [4.69, 9.17) is 4.74 Å². The molecule has 0 amide bonds. The smallest absolute Gasteiger partial charge is 0.277 e. The summed E-state index contributed by atoms with van der Waals surface area (Å²) in [5, 5.41) is 20.4. The molecule has 0 aliphatic heterocycles. The Hall–Kier alpha value is -2.56. The van der Waals surface area contributed by atoms with E-state index in [0.717, 1.165) is 0 Å². The van der Waals surface area contributed by atoms with Crippen molar-refractivity contribution in [2.75, 3.05) is 7.11 Å². The van der Waals surface area contributed by atoms with Crippen molar-refractivity contribution in [3.8, 4) is 22.6 Å². The maximum absolute atomic E-state index is 11.0. The second kappa shape index (κ2) is 4.75. The van der Waals surface area contributed by atoms with Gasteiger partial charge in [-0.05, 0) is 18.2 Å². The molecule has 2 aromatic carbocycles. The highest BCUT2D eigenvalue weighted by atomic mass is 16.6. The number of ether oxygens (including phenoxy) is 1. The Labute approximate surface area is 103 Å². The summed E-state index contributed by atoms with van der Waals surface area (Å²) in [5.41, 5.74) is 1.03. The van der Waals surface area contributed by atoms with Crippen molar-refractivity contribution in [2.24, 2.45) is 0 Å². The van der Waals surface area contributed by atoms with Crippen LogP contribution in [0.2, 0.25) is 0 Å². The Bertz CT molecular complexity index is 595. The molecule has 0 radical (unpaired) electrons. The molecule has 1 N–H and O–H groups in total. The van der Waals surface area contributed by atoms with Gasteiger partial charge in [0.1, 0.15) is 11.5 Å². The average Bonchev–Trinajstić information content (AvgIpc) is 2.38. The molecule has 0 atom stereocenters. The van der Waals surface area contributed by atoms with Crippen molar-refractivity contribution in [3.63, 3.8) is 0 Å². The third-order valence-electron chi connectivity index (χ3n) is 2.58. The monoisotopic (exact) mass is 245 g/mol. The molecule has 0 fully saturated rings. The van der Waals surface area contributed by atoms with Crippen LogP contribution in [0.3, 0.4) is 0 Å². The average molecular weight is 245 g/mol. The van der Waals surface area contributed by atoms with E-state index in [1.54, 1.807) is 24.3 Å². The number of hydrogen-bond donors (Lipinski definition) is 1. The van der Waals surface area contributed by atoms with Gasteiger partial charge < -0.3 is 9.84 Å². The molecule has 2 aromatic rings. The van der Waals surface area contributed by atoms with Gasteiger partial charge in [-0.25, -0.2) is 0 Å². The number of para-hydroxylation sites is 1. The van der Waals surface area contributed by atoms with Gasteiger partial charge in [-0.15, -0.1) is 0 Å². The molecule has 0 aromatic heterocycles. The van der Waals surface area contributed by atoms with Gasteiger partial charge >= 0.3 is 0 Å². The number of aromatic hydroxyl groups is 1. The van der Waals surface area contributed by atoms with Gasteiger partial charge in [0.2, 0.25) is 0 Å². The van der Waals surface area contributed by atoms with Crippen molar-refractivity contribution in [1.82, 2.24) is 0 Å². The Balaban J connectivity index is 2.65. The molecular weight excluding hydrogens is 234 g/mol. The summed E-state index contributed by atoms with van der Waals surface area (Å²) in [7, 11) is 1.45. The van der Waals surface area contributed by atoms with Crippen LogP contribution in [0.25, 0.3) is 11.1 Å². The van der Waals surface area contributed by atoms with E-state index in [1.165, 1.54) is 25.3 Å². The van der Waals surface area contributed by atoms with Crippen LogP contribution in [-0.4, -0.2) is 17.1 Å². The van der Waals surface area contributed by atoms with Crippen LogP contribution in [-0.2, 0) is 0 Å². The van der Waals surface area contributed by atoms with Gasteiger partial charge in [0.25, 0.3) is 5.69 Å². The Morgan fingerprint density at radius 2 is 1.89 bits per heavy atom. The van der Waals surface area contributed by atoms with E-state index in [2.05, 4.69) is 0 Å². The molecule has 5 heteroatoms. The molecule has 0 saturated carbocycles. The number of phenols is 1. The van der Waals surface area contributed by atoms with E-state index in [0.29, 0.717) is 16.9 Å². The first-order valence-corrected chi connectivity index (χ1v) is 5.24. The molecule has 18 heavy (non-hydrogen) atoms. The van der Waals surface area contributed by atoms with Crippen LogP contribution >= 0.6 is 0 Å². The summed E-state index contributed by atoms with van der Waals surface area (Å²) in [6.45, 7) is 0.